The van der Waals surface area contributed by atoms with Gasteiger partial charge in [-0.05, 0) is 42.8 Å². The first-order valence-corrected chi connectivity index (χ1v) is 11.9. The number of nitrogens with zero attached hydrogens (tertiary/aromatic N) is 3. The van der Waals surface area contributed by atoms with Crippen LogP contribution in [0.1, 0.15) is 16.8 Å². The van der Waals surface area contributed by atoms with E-state index in [4.69, 9.17) is 23.2 Å². The van der Waals surface area contributed by atoms with Gasteiger partial charge in [0.15, 0.2) is 0 Å². The summed E-state index contributed by atoms with van der Waals surface area (Å²) in [4.78, 5) is 25.8. The molecule has 0 atom stereocenters. The number of carbonyl (C=O) groups excluding carboxylic acids is 1. The number of anilines is 1. The van der Waals surface area contributed by atoms with E-state index in [0.29, 0.717) is 29.6 Å². The maximum absolute atomic E-state index is 13.3. The Morgan fingerprint density at radius 1 is 1.09 bits per heavy atom. The molecule has 0 spiro atoms. The van der Waals surface area contributed by atoms with Crippen LogP contribution in [0.4, 0.5) is 5.69 Å². The minimum Gasteiger partial charge on any atom is -0.480 e. The van der Waals surface area contributed by atoms with Crippen molar-refractivity contribution in [1.82, 2.24) is 9.47 Å². The molecule has 2 aromatic carbocycles. The molecule has 1 saturated heterocycles. The molecule has 1 aliphatic rings. The number of halogens is 2. The number of sulfonamides is 1. The number of amides is 1. The lowest BCUT2D eigenvalue weighted by Crippen LogP contribution is -2.41. The number of benzene rings is 2. The first kappa shape index (κ1) is 22.4. The van der Waals surface area contributed by atoms with Crippen molar-refractivity contribution < 1.29 is 23.1 Å². The normalized spacial score (nSPS) is 13.8. The van der Waals surface area contributed by atoms with Crippen molar-refractivity contribution in [2.24, 2.45) is 7.05 Å². The molecule has 0 radical (unpaired) electrons. The highest BCUT2D eigenvalue weighted by Gasteiger charge is 2.29. The van der Waals surface area contributed by atoms with Gasteiger partial charge in [-0.1, -0.05) is 23.2 Å². The van der Waals surface area contributed by atoms with E-state index in [1.807, 2.05) is 0 Å². The summed E-state index contributed by atoms with van der Waals surface area (Å²) >= 11 is 11.9. The van der Waals surface area contributed by atoms with Crippen LogP contribution in [0.5, 0.6) is 0 Å². The van der Waals surface area contributed by atoms with Gasteiger partial charge in [-0.15, -0.1) is 0 Å². The molecule has 1 amide bonds. The molecule has 8 nitrogen and oxygen atoms in total. The number of carboxylic acid groups (broad SMARTS) is 1. The van der Waals surface area contributed by atoms with Gasteiger partial charge in [-0.25, -0.2) is 8.42 Å². The maximum Gasteiger partial charge on any atom is 0.324 e. The van der Waals surface area contributed by atoms with Crippen molar-refractivity contribution in [2.75, 3.05) is 23.9 Å². The van der Waals surface area contributed by atoms with Crippen LogP contribution in [-0.4, -0.2) is 54.5 Å². The van der Waals surface area contributed by atoms with Gasteiger partial charge in [-0.3, -0.25) is 13.9 Å². The highest BCUT2D eigenvalue weighted by molar-refractivity contribution is 7.92. The molecule has 2 heterocycles. The first-order valence-electron chi connectivity index (χ1n) is 9.67. The molecule has 0 unspecified atom stereocenters. The van der Waals surface area contributed by atoms with E-state index < -0.39 is 22.5 Å². The monoisotopic (exact) mass is 495 g/mol. The Morgan fingerprint density at radius 2 is 1.75 bits per heavy atom. The molecule has 11 heteroatoms. The van der Waals surface area contributed by atoms with Crippen LogP contribution < -0.4 is 4.31 Å². The van der Waals surface area contributed by atoms with Crippen LogP contribution in [-0.2, 0) is 21.9 Å². The molecule has 168 valence electrons. The zero-order valence-electron chi connectivity index (χ0n) is 17.0. The second kappa shape index (κ2) is 8.31. The summed E-state index contributed by atoms with van der Waals surface area (Å²) in [5.41, 5.74) is 1.25. The molecule has 4 rings (SSSR count). The minimum atomic E-state index is -4.29. The van der Waals surface area contributed by atoms with Crippen LogP contribution in [0.3, 0.4) is 0 Å². The Kier molecular flexibility index (Phi) is 5.83. The lowest BCUT2D eigenvalue weighted by Gasteiger charge is -2.30. The van der Waals surface area contributed by atoms with E-state index in [9.17, 15) is 23.1 Å². The summed E-state index contributed by atoms with van der Waals surface area (Å²) in [5.74, 6) is -1.42. The Balaban J connectivity index is 1.81. The van der Waals surface area contributed by atoms with Gasteiger partial charge in [0.2, 0.25) is 0 Å². The van der Waals surface area contributed by atoms with Crippen molar-refractivity contribution in [3.8, 4) is 0 Å². The molecule has 32 heavy (non-hydrogen) atoms. The van der Waals surface area contributed by atoms with Crippen molar-refractivity contribution >= 4 is 61.7 Å². The van der Waals surface area contributed by atoms with Gasteiger partial charge in [0.05, 0.1) is 21.7 Å². The van der Waals surface area contributed by atoms with Gasteiger partial charge in [0, 0.05) is 41.8 Å². The summed E-state index contributed by atoms with van der Waals surface area (Å²) in [6, 6.07) is 8.48. The third kappa shape index (κ3) is 4.03. The quantitative estimate of drug-likeness (QED) is 0.562. The first-order chi connectivity index (χ1) is 15.1. The number of fused-ring (bicyclic) bond motifs is 1. The molecule has 0 bridgehead atoms. The predicted octanol–water partition coefficient (Wildman–Crippen LogP) is 3.61. The predicted molar refractivity (Wildman–Crippen MR) is 122 cm³/mol. The zero-order valence-corrected chi connectivity index (χ0v) is 19.3. The van der Waals surface area contributed by atoms with E-state index in [1.165, 1.54) is 24.3 Å². The van der Waals surface area contributed by atoms with E-state index in [-0.39, 0.29) is 26.5 Å². The summed E-state index contributed by atoms with van der Waals surface area (Å²) in [5, 5.41) is 10.3. The van der Waals surface area contributed by atoms with E-state index in [1.54, 1.807) is 34.8 Å². The van der Waals surface area contributed by atoms with Gasteiger partial charge in [0.1, 0.15) is 6.54 Å². The number of aromatic nitrogens is 1. The van der Waals surface area contributed by atoms with Crippen molar-refractivity contribution in [1.29, 1.82) is 0 Å². The van der Waals surface area contributed by atoms with Gasteiger partial charge in [0.25, 0.3) is 15.9 Å². The van der Waals surface area contributed by atoms with Crippen molar-refractivity contribution in [3.63, 3.8) is 0 Å². The molecular formula is C21H19Cl2N3O5S. The van der Waals surface area contributed by atoms with Crippen LogP contribution >= 0.6 is 23.2 Å². The Labute approximate surface area is 194 Å². The number of rotatable bonds is 6. The number of hydrogen-bond donors (Lipinski definition) is 1. The van der Waals surface area contributed by atoms with Gasteiger partial charge in [-0.2, -0.15) is 0 Å². The molecule has 1 aromatic heterocycles. The average Bonchev–Trinajstić information content (AvgIpc) is 3.00. The number of aryl methyl sites for hydroxylation is 1. The van der Waals surface area contributed by atoms with E-state index in [0.717, 1.165) is 10.7 Å². The van der Waals surface area contributed by atoms with E-state index >= 15 is 0 Å². The summed E-state index contributed by atoms with van der Waals surface area (Å²) in [7, 11) is -2.55. The molecule has 1 N–H and O–H groups in total. The Morgan fingerprint density at radius 3 is 2.31 bits per heavy atom. The van der Waals surface area contributed by atoms with Gasteiger partial charge < -0.3 is 14.6 Å². The lowest BCUT2D eigenvalue weighted by atomic mass is 10.1. The molecule has 3 aromatic rings. The molecule has 1 fully saturated rings. The number of carboxylic acids is 1. The third-order valence-electron chi connectivity index (χ3n) is 5.34. The highest BCUT2D eigenvalue weighted by Crippen LogP contribution is 2.32. The fourth-order valence-corrected chi connectivity index (χ4v) is 5.76. The topological polar surface area (TPSA) is 99.9 Å². The lowest BCUT2D eigenvalue weighted by molar-refractivity contribution is -0.135. The van der Waals surface area contributed by atoms with E-state index in [2.05, 4.69) is 0 Å². The van der Waals surface area contributed by atoms with Crippen LogP contribution in [0, 0.1) is 0 Å². The smallest absolute Gasteiger partial charge is 0.324 e. The Hall–Kier alpha value is -2.75. The third-order valence-corrected chi connectivity index (χ3v) is 7.53. The summed E-state index contributed by atoms with van der Waals surface area (Å²) in [6.45, 7) is 0.613. The Bertz CT molecular complexity index is 1330. The fraction of sp³-hybridized carbons (Fsp3) is 0.238. The number of likely N-dealkylation sites (tertiary alicyclic amines) is 1. The number of aliphatic carboxylic acids is 1. The average molecular weight is 496 g/mol. The summed E-state index contributed by atoms with van der Waals surface area (Å²) in [6.07, 6.45) is 2.66. The second-order valence-electron chi connectivity index (χ2n) is 7.51. The van der Waals surface area contributed by atoms with Crippen molar-refractivity contribution in [2.45, 2.75) is 11.3 Å². The van der Waals surface area contributed by atoms with Crippen LogP contribution in [0.2, 0.25) is 10.0 Å². The highest BCUT2D eigenvalue weighted by atomic mass is 35.5. The molecule has 0 aliphatic carbocycles. The number of hydrogen-bond acceptors (Lipinski definition) is 4. The molecular weight excluding hydrogens is 477 g/mol. The van der Waals surface area contributed by atoms with Gasteiger partial charge >= 0.3 is 5.97 Å². The number of carbonyl (C=O) groups is 2. The second-order valence-corrected chi connectivity index (χ2v) is 10.2. The maximum atomic E-state index is 13.3. The fourth-order valence-electron chi connectivity index (χ4n) is 3.63. The largest absolute Gasteiger partial charge is 0.480 e. The standard InChI is InChI=1S/C21H19Cl2N3O5S/c1-24-11-18(21(29)25-5-2-6-25)17-4-3-15(10-19(17)24)26(12-20(27)28)32(30,31)16-8-13(22)7-14(23)9-16/h3-4,7-11H,2,5-6,12H2,1H3,(H,27,28). The SMILES string of the molecule is Cn1cc(C(=O)N2CCC2)c2ccc(N(CC(=O)O)S(=O)(=O)c3cc(Cl)cc(Cl)c3)cc21. The zero-order chi connectivity index (χ0) is 23.2. The molecule has 1 aliphatic heterocycles. The van der Waals surface area contributed by atoms with Crippen molar-refractivity contribution in [3.05, 3.63) is 58.2 Å². The minimum absolute atomic E-state index is 0.0850. The summed E-state index contributed by atoms with van der Waals surface area (Å²) < 4.78 is 29.1. The van der Waals surface area contributed by atoms with Crippen LogP contribution in [0.15, 0.2) is 47.5 Å². The molecule has 0 saturated carbocycles. The van der Waals surface area contributed by atoms with Crippen LogP contribution in [0.25, 0.3) is 10.9 Å².